The summed E-state index contributed by atoms with van der Waals surface area (Å²) in [5.41, 5.74) is 2.34. The number of benzene rings is 1. The maximum atomic E-state index is 12.4. The van der Waals surface area contributed by atoms with Gasteiger partial charge in [0.25, 0.3) is 5.91 Å². The van der Waals surface area contributed by atoms with Gasteiger partial charge < -0.3 is 15.4 Å². The number of anilines is 1. The molecule has 0 aliphatic heterocycles. The predicted molar refractivity (Wildman–Crippen MR) is 135 cm³/mol. The van der Waals surface area contributed by atoms with Gasteiger partial charge >= 0.3 is 6.36 Å². The van der Waals surface area contributed by atoms with Gasteiger partial charge in [-0.15, -0.1) is 23.4 Å². The van der Waals surface area contributed by atoms with Crippen LogP contribution in [0, 0.1) is 6.92 Å². The van der Waals surface area contributed by atoms with Crippen molar-refractivity contribution in [2.75, 3.05) is 5.32 Å². The van der Waals surface area contributed by atoms with Gasteiger partial charge in [0.05, 0.1) is 31.1 Å². The van der Waals surface area contributed by atoms with Gasteiger partial charge in [-0.1, -0.05) is 28.6 Å². The number of rotatable bonds is 12. The molecule has 3 heterocycles. The number of ether oxygens (including phenoxy) is 1. The summed E-state index contributed by atoms with van der Waals surface area (Å²) in [4.78, 5) is 28.8. The second-order valence-corrected chi connectivity index (χ2v) is 8.87. The number of hydrogen-bond donors (Lipinski definition) is 2. The zero-order valence-corrected chi connectivity index (χ0v) is 21.4. The number of pyridine rings is 1. The minimum Gasteiger partial charge on any atom is -0.406 e. The van der Waals surface area contributed by atoms with Crippen LogP contribution in [0.2, 0.25) is 0 Å². The second-order valence-electron chi connectivity index (χ2n) is 8.87. The predicted octanol–water partition coefficient (Wildman–Crippen LogP) is 3.06. The van der Waals surface area contributed by atoms with E-state index in [-0.39, 0.29) is 30.4 Å². The quantitative estimate of drug-likeness (QED) is 0.253. The molecule has 0 saturated heterocycles. The number of amides is 2. The Hall–Kier alpha value is -4.82. The van der Waals surface area contributed by atoms with Crippen LogP contribution < -0.4 is 15.4 Å². The Morgan fingerprint density at radius 1 is 1.00 bits per heavy atom. The summed E-state index contributed by atoms with van der Waals surface area (Å²) in [7, 11) is 0. The summed E-state index contributed by atoms with van der Waals surface area (Å²) in [6.07, 6.45) is 1.32. The van der Waals surface area contributed by atoms with Gasteiger partial charge in [0.15, 0.2) is 11.5 Å². The number of hydrogen-bond acceptors (Lipinski definition) is 8. The number of unbranched alkanes of at least 4 members (excludes halogenated alkanes) is 1. The number of carbonyl (C=O) groups is 2. The number of alkyl halides is 3. The van der Waals surface area contributed by atoms with Crippen LogP contribution >= 0.6 is 0 Å². The van der Waals surface area contributed by atoms with E-state index < -0.39 is 18.0 Å². The van der Waals surface area contributed by atoms with E-state index in [0.717, 1.165) is 29.8 Å². The molecule has 40 heavy (non-hydrogen) atoms. The number of aryl methyl sites for hydroxylation is 3. The Labute approximate surface area is 226 Å². The average Bonchev–Trinajstić information content (AvgIpc) is 3.55. The maximum Gasteiger partial charge on any atom is 0.573 e. The molecule has 0 aliphatic rings. The minimum atomic E-state index is -4.81. The van der Waals surface area contributed by atoms with Crippen molar-refractivity contribution < 1.29 is 27.5 Å². The zero-order chi connectivity index (χ0) is 28.5. The third-order valence-corrected chi connectivity index (χ3v) is 5.50. The van der Waals surface area contributed by atoms with Crippen molar-refractivity contribution in [2.24, 2.45) is 0 Å². The molecule has 0 fully saturated rings. The highest BCUT2D eigenvalue weighted by molar-refractivity contribution is 5.92. The van der Waals surface area contributed by atoms with Crippen molar-refractivity contribution in [1.29, 1.82) is 0 Å². The monoisotopic (exact) mass is 557 g/mol. The molecule has 0 aliphatic carbocycles. The van der Waals surface area contributed by atoms with Gasteiger partial charge in [-0.05, 0) is 49.1 Å². The molecule has 4 rings (SSSR count). The van der Waals surface area contributed by atoms with E-state index in [9.17, 15) is 22.8 Å². The van der Waals surface area contributed by atoms with Crippen molar-refractivity contribution in [1.82, 2.24) is 40.3 Å². The van der Waals surface area contributed by atoms with Crippen LogP contribution in [0.15, 0.2) is 55.0 Å². The van der Waals surface area contributed by atoms with E-state index in [1.807, 2.05) is 19.1 Å². The lowest BCUT2D eigenvalue weighted by molar-refractivity contribution is -0.274. The van der Waals surface area contributed by atoms with Crippen molar-refractivity contribution in [3.8, 4) is 5.75 Å². The van der Waals surface area contributed by atoms with E-state index in [0.29, 0.717) is 25.1 Å². The molecule has 2 amide bonds. The van der Waals surface area contributed by atoms with Crippen LogP contribution in [0.1, 0.15) is 40.2 Å². The number of nitrogens with zero attached hydrogens (tertiary/aromatic N) is 7. The van der Waals surface area contributed by atoms with E-state index in [1.165, 1.54) is 12.1 Å². The Balaban J connectivity index is 1.16. The van der Waals surface area contributed by atoms with Crippen LogP contribution in [-0.2, 0) is 30.8 Å². The van der Waals surface area contributed by atoms with Gasteiger partial charge in [0, 0.05) is 19.3 Å². The summed E-state index contributed by atoms with van der Waals surface area (Å²) < 4.78 is 44.2. The van der Waals surface area contributed by atoms with E-state index in [4.69, 9.17) is 0 Å². The largest absolute Gasteiger partial charge is 0.573 e. The molecule has 2 N–H and O–H groups in total. The summed E-state index contributed by atoms with van der Waals surface area (Å²) in [5, 5.41) is 21.1. The summed E-state index contributed by atoms with van der Waals surface area (Å²) in [6.45, 7) is 3.28. The fourth-order valence-corrected chi connectivity index (χ4v) is 3.61. The molecule has 3 aromatic heterocycles. The van der Waals surface area contributed by atoms with Crippen LogP contribution in [0.25, 0.3) is 0 Å². The highest BCUT2D eigenvalue weighted by atomic mass is 19.4. The zero-order valence-electron chi connectivity index (χ0n) is 21.4. The van der Waals surface area contributed by atoms with Crippen molar-refractivity contribution in [3.05, 3.63) is 77.5 Å². The van der Waals surface area contributed by atoms with Crippen LogP contribution in [0.4, 0.5) is 19.0 Å². The minimum absolute atomic E-state index is 0.164. The van der Waals surface area contributed by atoms with Gasteiger partial charge in [-0.25, -0.2) is 0 Å². The molecule has 0 saturated carbocycles. The highest BCUT2D eigenvalue weighted by Gasteiger charge is 2.31. The molecule has 0 spiro atoms. The lowest BCUT2D eigenvalue weighted by Gasteiger charge is -2.09. The van der Waals surface area contributed by atoms with Crippen LogP contribution in [-0.4, -0.2) is 53.1 Å². The lowest BCUT2D eigenvalue weighted by Crippen LogP contribution is -2.23. The first-order valence-corrected chi connectivity index (χ1v) is 12.3. The number of halogens is 3. The van der Waals surface area contributed by atoms with Crippen LogP contribution in [0.5, 0.6) is 5.75 Å². The summed E-state index contributed by atoms with van der Waals surface area (Å²) in [6, 6.07) is 8.97. The Kier molecular flexibility index (Phi) is 9.04. The molecule has 0 bridgehead atoms. The Bertz CT molecular complexity index is 1440. The summed E-state index contributed by atoms with van der Waals surface area (Å²) in [5.74, 6) is -0.976. The topological polar surface area (TPSA) is 142 Å². The molecule has 0 atom stereocenters. The molecule has 210 valence electrons. The maximum absolute atomic E-state index is 12.4. The fraction of sp³-hybridized carbons (Fsp3) is 0.320. The van der Waals surface area contributed by atoms with Crippen molar-refractivity contribution in [2.45, 2.75) is 52.2 Å². The first kappa shape index (κ1) is 28.2. The second kappa shape index (κ2) is 12.8. The Morgan fingerprint density at radius 2 is 1.75 bits per heavy atom. The lowest BCUT2D eigenvalue weighted by atomic mass is 10.1. The highest BCUT2D eigenvalue weighted by Crippen LogP contribution is 2.23. The molecule has 15 heteroatoms. The third-order valence-electron chi connectivity index (χ3n) is 5.50. The van der Waals surface area contributed by atoms with Gasteiger partial charge in [-0.3, -0.25) is 23.9 Å². The molecular formula is C25H26F3N9O3. The molecule has 1 aromatic carbocycles. The Morgan fingerprint density at radius 3 is 2.48 bits per heavy atom. The fourth-order valence-electron chi connectivity index (χ4n) is 3.61. The summed E-state index contributed by atoms with van der Waals surface area (Å²) >= 11 is 0. The normalized spacial score (nSPS) is 11.3. The standard InChI is InChI=1S/C25H26F3N9O3/c1-17-7-8-19(29-13-17)14-30-24(39)21-15-36(34-32-21)9-2-3-10-37-16-22(33-35-37)31-23(38)12-18-5-4-6-20(11-18)40-25(26,27)28/h4-8,11,13,15-16H,2-3,9-10,12,14H2,1H3,(H,30,39)(H,31,38). The smallest absolute Gasteiger partial charge is 0.406 e. The molecule has 0 radical (unpaired) electrons. The number of carbonyl (C=O) groups excluding carboxylic acids is 2. The van der Waals surface area contributed by atoms with E-state index >= 15 is 0 Å². The van der Waals surface area contributed by atoms with E-state index in [1.54, 1.807) is 28.0 Å². The third kappa shape index (κ3) is 8.89. The average molecular weight is 558 g/mol. The van der Waals surface area contributed by atoms with E-state index in [2.05, 4.69) is 41.0 Å². The first-order chi connectivity index (χ1) is 19.1. The molecule has 4 aromatic rings. The number of nitrogens with one attached hydrogen (secondary N) is 2. The van der Waals surface area contributed by atoms with Crippen molar-refractivity contribution >= 4 is 17.6 Å². The first-order valence-electron chi connectivity index (χ1n) is 12.3. The van der Waals surface area contributed by atoms with Gasteiger partial charge in [0.1, 0.15) is 5.75 Å². The van der Waals surface area contributed by atoms with Gasteiger partial charge in [0.2, 0.25) is 5.91 Å². The van der Waals surface area contributed by atoms with Crippen LogP contribution in [0.3, 0.4) is 0 Å². The number of aromatic nitrogens is 7. The molecular weight excluding hydrogens is 531 g/mol. The van der Waals surface area contributed by atoms with Gasteiger partial charge in [-0.2, -0.15) is 0 Å². The van der Waals surface area contributed by atoms with Crippen molar-refractivity contribution in [3.63, 3.8) is 0 Å². The molecule has 0 unspecified atom stereocenters. The molecule has 12 nitrogen and oxygen atoms in total. The SMILES string of the molecule is Cc1ccc(CNC(=O)c2cn(CCCCn3cc(NC(=O)Cc4cccc(OC(F)(F)F)c4)nn3)nn2)nc1.